The Labute approximate surface area is 152 Å². The predicted octanol–water partition coefficient (Wildman–Crippen LogP) is 3.51. The minimum absolute atomic E-state index is 0.0155. The molecule has 136 valence electrons. The molecule has 0 saturated carbocycles. The van der Waals surface area contributed by atoms with Crippen molar-refractivity contribution in [3.8, 4) is 17.6 Å². The number of esters is 1. The van der Waals surface area contributed by atoms with Crippen molar-refractivity contribution < 1.29 is 27.8 Å². The molecule has 2 aromatic rings. The van der Waals surface area contributed by atoms with Crippen molar-refractivity contribution in [2.45, 2.75) is 6.61 Å². The minimum atomic E-state index is -2.99. The molecule has 0 fully saturated rings. The molecule has 0 bridgehead atoms. The fourth-order valence-corrected chi connectivity index (χ4v) is 2.34. The van der Waals surface area contributed by atoms with Gasteiger partial charge in [0.1, 0.15) is 0 Å². The fraction of sp³-hybridized carbons (Fsp3) is 0.105. The topological polar surface area (TPSA) is 80.9 Å². The third kappa shape index (κ3) is 4.10. The van der Waals surface area contributed by atoms with Gasteiger partial charge in [-0.15, -0.1) is 0 Å². The highest BCUT2D eigenvalue weighted by Gasteiger charge is 2.25. The maximum atomic E-state index is 12.4. The largest absolute Gasteiger partial charge is 0.493 e. The Kier molecular flexibility index (Phi) is 5.13. The number of aliphatic imine (C=N–C) groups is 1. The molecule has 8 heteroatoms. The molecule has 0 amide bonds. The molecule has 0 atom stereocenters. The number of alkyl halides is 2. The molecule has 0 unspecified atom stereocenters. The maximum absolute atomic E-state index is 12.4. The van der Waals surface area contributed by atoms with Crippen molar-refractivity contribution in [2.24, 2.45) is 4.99 Å². The number of hydrogen-bond acceptors (Lipinski definition) is 6. The van der Waals surface area contributed by atoms with Crippen molar-refractivity contribution in [1.29, 1.82) is 5.26 Å². The Morgan fingerprint density at radius 2 is 1.93 bits per heavy atom. The normalized spacial score (nSPS) is 14.7. The number of carbonyl (C=O) groups is 1. The number of ether oxygens (including phenoxy) is 3. The molecule has 0 saturated heterocycles. The van der Waals surface area contributed by atoms with Gasteiger partial charge in [-0.3, -0.25) is 0 Å². The van der Waals surface area contributed by atoms with Crippen LogP contribution in [-0.4, -0.2) is 25.6 Å². The van der Waals surface area contributed by atoms with Gasteiger partial charge in [0, 0.05) is 5.56 Å². The smallest absolute Gasteiger partial charge is 0.387 e. The van der Waals surface area contributed by atoms with Crippen LogP contribution in [0.1, 0.15) is 16.7 Å². The molecule has 0 spiro atoms. The number of cyclic esters (lactones) is 1. The standard InChI is InChI=1S/C19H12F2N2O4/c1-25-16-9-13(6-7-15(16)26-19(20)21)17-23-14(18(24)27-17)8-11-2-4-12(10-22)5-3-11/h2-9,19H,1H3/b14-8+. The van der Waals surface area contributed by atoms with Crippen molar-refractivity contribution in [1.82, 2.24) is 0 Å². The molecule has 0 N–H and O–H groups in total. The van der Waals surface area contributed by atoms with E-state index in [-0.39, 0.29) is 23.1 Å². The molecule has 2 aromatic carbocycles. The molecule has 3 rings (SSSR count). The van der Waals surface area contributed by atoms with E-state index in [0.717, 1.165) is 0 Å². The van der Waals surface area contributed by atoms with Crippen LogP contribution in [0.2, 0.25) is 0 Å². The number of carbonyl (C=O) groups excluding carboxylic acids is 1. The summed E-state index contributed by atoms with van der Waals surface area (Å²) in [5, 5.41) is 8.80. The van der Waals surface area contributed by atoms with Gasteiger partial charge >= 0.3 is 12.6 Å². The molecule has 0 radical (unpaired) electrons. The Balaban J connectivity index is 1.89. The second-order valence-electron chi connectivity index (χ2n) is 5.31. The van der Waals surface area contributed by atoms with Gasteiger partial charge < -0.3 is 14.2 Å². The molecule has 6 nitrogen and oxygen atoms in total. The van der Waals surface area contributed by atoms with E-state index in [0.29, 0.717) is 16.7 Å². The van der Waals surface area contributed by atoms with Gasteiger partial charge in [-0.25, -0.2) is 9.79 Å². The van der Waals surface area contributed by atoms with Gasteiger partial charge in [0.25, 0.3) is 0 Å². The van der Waals surface area contributed by atoms with Crippen LogP contribution in [0.25, 0.3) is 6.08 Å². The van der Waals surface area contributed by atoms with Crippen LogP contribution >= 0.6 is 0 Å². The van der Waals surface area contributed by atoms with Crippen molar-refractivity contribution >= 4 is 17.9 Å². The number of benzene rings is 2. The lowest BCUT2D eigenvalue weighted by atomic mass is 10.1. The first-order valence-corrected chi connectivity index (χ1v) is 7.66. The second kappa shape index (κ2) is 7.66. The Morgan fingerprint density at radius 3 is 2.56 bits per heavy atom. The number of hydrogen-bond donors (Lipinski definition) is 0. The molecule has 0 aromatic heterocycles. The number of nitriles is 1. The molecule has 0 aliphatic carbocycles. The highest BCUT2D eigenvalue weighted by atomic mass is 19.3. The average Bonchev–Trinajstić information content (AvgIpc) is 3.02. The molecule has 1 aliphatic heterocycles. The average molecular weight is 370 g/mol. The Bertz CT molecular complexity index is 976. The summed E-state index contributed by atoms with van der Waals surface area (Å²) in [7, 11) is 1.30. The summed E-state index contributed by atoms with van der Waals surface area (Å²) in [4.78, 5) is 16.2. The van der Waals surface area contributed by atoms with E-state index in [1.165, 1.54) is 31.4 Å². The fourth-order valence-electron chi connectivity index (χ4n) is 2.34. The third-order valence-corrected chi connectivity index (χ3v) is 3.59. The number of nitrogens with zero attached hydrogens (tertiary/aromatic N) is 2. The summed E-state index contributed by atoms with van der Waals surface area (Å²) in [6.45, 7) is -2.99. The number of halogens is 2. The van der Waals surface area contributed by atoms with E-state index in [4.69, 9.17) is 14.7 Å². The lowest BCUT2D eigenvalue weighted by molar-refractivity contribution is -0.129. The summed E-state index contributed by atoms with van der Waals surface area (Å²) in [6.07, 6.45) is 1.52. The monoisotopic (exact) mass is 370 g/mol. The Hall–Kier alpha value is -3.73. The first kappa shape index (κ1) is 18.1. The number of methoxy groups -OCH3 is 1. The zero-order valence-electron chi connectivity index (χ0n) is 14.0. The van der Waals surface area contributed by atoms with Gasteiger partial charge in [0.2, 0.25) is 5.90 Å². The van der Waals surface area contributed by atoms with Crippen LogP contribution in [0.5, 0.6) is 11.5 Å². The summed E-state index contributed by atoms with van der Waals surface area (Å²) < 4.78 is 39.3. The van der Waals surface area contributed by atoms with E-state index < -0.39 is 12.6 Å². The zero-order chi connectivity index (χ0) is 19.4. The lowest BCUT2D eigenvalue weighted by Crippen LogP contribution is -2.07. The molecule has 27 heavy (non-hydrogen) atoms. The van der Waals surface area contributed by atoms with Crippen molar-refractivity contribution in [3.63, 3.8) is 0 Å². The zero-order valence-corrected chi connectivity index (χ0v) is 14.0. The third-order valence-electron chi connectivity index (χ3n) is 3.59. The minimum Gasteiger partial charge on any atom is -0.493 e. The van der Waals surface area contributed by atoms with Gasteiger partial charge in [0.15, 0.2) is 17.2 Å². The molecular formula is C19H12F2N2O4. The second-order valence-corrected chi connectivity index (χ2v) is 5.31. The quantitative estimate of drug-likeness (QED) is 0.594. The predicted molar refractivity (Wildman–Crippen MR) is 91.4 cm³/mol. The van der Waals surface area contributed by atoms with Gasteiger partial charge in [-0.2, -0.15) is 14.0 Å². The summed E-state index contributed by atoms with van der Waals surface area (Å²) in [6, 6.07) is 12.7. The van der Waals surface area contributed by atoms with Crippen LogP contribution in [-0.2, 0) is 9.53 Å². The van der Waals surface area contributed by atoms with Gasteiger partial charge in [-0.05, 0) is 42.0 Å². The van der Waals surface area contributed by atoms with Crippen LogP contribution in [0.3, 0.4) is 0 Å². The van der Waals surface area contributed by atoms with Crippen LogP contribution < -0.4 is 9.47 Å². The molecule has 1 heterocycles. The summed E-state index contributed by atoms with van der Waals surface area (Å²) >= 11 is 0. The van der Waals surface area contributed by atoms with E-state index in [1.807, 2.05) is 6.07 Å². The summed E-state index contributed by atoms with van der Waals surface area (Å²) in [5.41, 5.74) is 1.60. The molecular weight excluding hydrogens is 358 g/mol. The van der Waals surface area contributed by atoms with Crippen LogP contribution in [0.15, 0.2) is 53.2 Å². The van der Waals surface area contributed by atoms with Crippen molar-refractivity contribution in [3.05, 3.63) is 64.9 Å². The maximum Gasteiger partial charge on any atom is 0.387 e. The van der Waals surface area contributed by atoms with Crippen molar-refractivity contribution in [2.75, 3.05) is 7.11 Å². The van der Waals surface area contributed by atoms with E-state index >= 15 is 0 Å². The highest BCUT2D eigenvalue weighted by molar-refractivity contribution is 6.13. The van der Waals surface area contributed by atoms with E-state index in [2.05, 4.69) is 9.73 Å². The van der Waals surface area contributed by atoms with Gasteiger partial charge in [0.05, 0.1) is 18.7 Å². The van der Waals surface area contributed by atoms with Crippen LogP contribution in [0.4, 0.5) is 8.78 Å². The van der Waals surface area contributed by atoms with E-state index in [9.17, 15) is 13.6 Å². The summed E-state index contributed by atoms with van der Waals surface area (Å²) in [5.74, 6) is -0.728. The molecule has 1 aliphatic rings. The first-order chi connectivity index (χ1) is 13.0. The van der Waals surface area contributed by atoms with Crippen LogP contribution in [0, 0.1) is 11.3 Å². The SMILES string of the molecule is COc1cc(C2=N/C(=C/c3ccc(C#N)cc3)C(=O)O2)ccc1OC(F)F. The lowest BCUT2D eigenvalue weighted by Gasteiger charge is -2.10. The van der Waals surface area contributed by atoms with Gasteiger partial charge in [-0.1, -0.05) is 12.1 Å². The van der Waals surface area contributed by atoms with E-state index in [1.54, 1.807) is 24.3 Å². The first-order valence-electron chi connectivity index (χ1n) is 7.66. The Morgan fingerprint density at radius 1 is 1.19 bits per heavy atom. The number of rotatable bonds is 5. The highest BCUT2D eigenvalue weighted by Crippen LogP contribution is 2.31.